The normalized spacial score (nSPS) is 14.3. The van der Waals surface area contributed by atoms with Crippen LogP contribution in [0.5, 0.6) is 0 Å². The molecule has 0 radical (unpaired) electrons. The Morgan fingerprint density at radius 3 is 3.00 bits per heavy atom. The first-order valence-electron chi connectivity index (χ1n) is 4.94. The van der Waals surface area contributed by atoms with Gasteiger partial charge in [-0.15, -0.1) is 0 Å². The Hall–Kier alpha value is -1.97. The highest BCUT2D eigenvalue weighted by Crippen LogP contribution is 2.30. The van der Waals surface area contributed by atoms with Gasteiger partial charge in [0.2, 0.25) is 0 Å². The maximum Gasteiger partial charge on any atom is 0.0755 e. The lowest BCUT2D eigenvalue weighted by Crippen LogP contribution is -2.13. The van der Waals surface area contributed by atoms with Crippen LogP contribution in [0.3, 0.4) is 0 Å². The van der Waals surface area contributed by atoms with E-state index in [9.17, 15) is 0 Å². The van der Waals surface area contributed by atoms with Gasteiger partial charge in [0.25, 0.3) is 0 Å². The van der Waals surface area contributed by atoms with Gasteiger partial charge in [0.15, 0.2) is 0 Å². The number of aromatic amines is 1. The van der Waals surface area contributed by atoms with Crippen molar-refractivity contribution in [1.29, 1.82) is 0 Å². The molecule has 1 aromatic carbocycles. The first-order valence-corrected chi connectivity index (χ1v) is 4.94. The molecule has 2 aromatic rings. The van der Waals surface area contributed by atoms with Crippen LogP contribution < -0.4 is 10.6 Å². The van der Waals surface area contributed by atoms with Crippen molar-refractivity contribution in [2.24, 2.45) is 0 Å². The van der Waals surface area contributed by atoms with E-state index in [1.807, 2.05) is 24.5 Å². The number of anilines is 2. The van der Waals surface area contributed by atoms with Crippen LogP contribution in [0, 0.1) is 0 Å². The molecule has 3 N–H and O–H groups in total. The van der Waals surface area contributed by atoms with Crippen molar-refractivity contribution in [3.63, 3.8) is 0 Å². The Balaban J connectivity index is 1.96. The Morgan fingerprint density at radius 1 is 1.33 bits per heavy atom. The second-order valence-electron chi connectivity index (χ2n) is 3.80. The highest BCUT2D eigenvalue weighted by molar-refractivity contribution is 5.58. The lowest BCUT2D eigenvalue weighted by atomic mass is 10.1. The maximum absolute atomic E-state index is 5.94. The first-order chi connectivity index (χ1) is 7.34. The van der Waals surface area contributed by atoms with Crippen LogP contribution in [0.4, 0.5) is 11.4 Å². The Labute approximate surface area is 87.7 Å². The van der Waals surface area contributed by atoms with Gasteiger partial charge in [-0.25, -0.2) is 0 Å². The third kappa shape index (κ3) is 1.26. The molecule has 0 saturated heterocycles. The highest BCUT2D eigenvalue weighted by atomic mass is 15.2. The molecule has 0 bridgehead atoms. The summed E-state index contributed by atoms with van der Waals surface area (Å²) in [7, 11) is 0. The second kappa shape index (κ2) is 3.02. The van der Waals surface area contributed by atoms with Crippen LogP contribution in [-0.2, 0) is 13.1 Å². The Bertz CT molecular complexity index is 475. The lowest BCUT2D eigenvalue weighted by molar-refractivity contribution is 0.882. The minimum atomic E-state index is 0.877. The van der Waals surface area contributed by atoms with Crippen LogP contribution in [0.2, 0.25) is 0 Å². The van der Waals surface area contributed by atoms with Gasteiger partial charge in [-0.1, -0.05) is 12.1 Å². The number of nitrogens with one attached hydrogen (secondary N) is 1. The fourth-order valence-electron chi connectivity index (χ4n) is 2.05. The van der Waals surface area contributed by atoms with E-state index >= 15 is 0 Å². The molecule has 76 valence electrons. The average Bonchev–Trinajstić information content (AvgIpc) is 2.86. The molecule has 2 heterocycles. The summed E-state index contributed by atoms with van der Waals surface area (Å²) in [5.74, 6) is 0. The summed E-state index contributed by atoms with van der Waals surface area (Å²) in [6.07, 6.45) is 3.74. The molecular weight excluding hydrogens is 188 g/mol. The number of nitrogen functional groups attached to an aromatic ring is 1. The fourth-order valence-corrected chi connectivity index (χ4v) is 2.05. The molecule has 4 heteroatoms. The van der Waals surface area contributed by atoms with Crippen molar-refractivity contribution in [2.45, 2.75) is 13.1 Å². The average molecular weight is 200 g/mol. The second-order valence-corrected chi connectivity index (χ2v) is 3.80. The zero-order chi connectivity index (χ0) is 10.3. The molecule has 0 saturated carbocycles. The Morgan fingerprint density at radius 2 is 2.27 bits per heavy atom. The zero-order valence-electron chi connectivity index (χ0n) is 8.27. The SMILES string of the molecule is Nc1cccc2c1CN(c1cn[nH]c1)C2. The molecule has 0 spiro atoms. The van der Waals surface area contributed by atoms with Crippen LogP contribution >= 0.6 is 0 Å². The van der Waals surface area contributed by atoms with E-state index in [0.29, 0.717) is 0 Å². The Kier molecular flexibility index (Phi) is 1.68. The summed E-state index contributed by atoms with van der Waals surface area (Å²) >= 11 is 0. The van der Waals surface area contributed by atoms with E-state index in [4.69, 9.17) is 5.73 Å². The van der Waals surface area contributed by atoms with Crippen molar-refractivity contribution in [3.8, 4) is 0 Å². The maximum atomic E-state index is 5.94. The topological polar surface area (TPSA) is 57.9 Å². The summed E-state index contributed by atoms with van der Waals surface area (Å²) in [5.41, 5.74) is 10.5. The first kappa shape index (κ1) is 8.35. The van der Waals surface area contributed by atoms with Crippen molar-refractivity contribution in [1.82, 2.24) is 10.2 Å². The number of hydrogen-bond acceptors (Lipinski definition) is 3. The molecule has 1 aromatic heterocycles. The molecule has 0 unspecified atom stereocenters. The third-order valence-electron chi connectivity index (χ3n) is 2.87. The predicted octanol–water partition coefficient (Wildman–Crippen LogP) is 1.51. The van der Waals surface area contributed by atoms with Crippen LogP contribution in [0.25, 0.3) is 0 Å². The monoisotopic (exact) mass is 200 g/mol. The molecule has 3 rings (SSSR count). The number of aromatic nitrogens is 2. The fraction of sp³-hybridized carbons (Fsp3) is 0.182. The lowest BCUT2D eigenvalue weighted by Gasteiger charge is -2.14. The number of rotatable bonds is 1. The van der Waals surface area contributed by atoms with Crippen molar-refractivity contribution >= 4 is 11.4 Å². The largest absolute Gasteiger partial charge is 0.398 e. The number of benzene rings is 1. The van der Waals surface area contributed by atoms with Crippen molar-refractivity contribution in [3.05, 3.63) is 41.7 Å². The van der Waals surface area contributed by atoms with E-state index < -0.39 is 0 Å². The van der Waals surface area contributed by atoms with E-state index in [2.05, 4.69) is 21.2 Å². The molecule has 15 heavy (non-hydrogen) atoms. The van der Waals surface area contributed by atoms with Gasteiger partial charge in [-0.05, 0) is 17.2 Å². The summed E-state index contributed by atoms with van der Waals surface area (Å²) in [6, 6.07) is 6.09. The van der Waals surface area contributed by atoms with Gasteiger partial charge in [-0.2, -0.15) is 5.10 Å². The van der Waals surface area contributed by atoms with Gasteiger partial charge in [0, 0.05) is 25.0 Å². The third-order valence-corrected chi connectivity index (χ3v) is 2.87. The molecule has 1 aliphatic heterocycles. The van der Waals surface area contributed by atoms with E-state index in [-0.39, 0.29) is 0 Å². The van der Waals surface area contributed by atoms with E-state index in [0.717, 1.165) is 24.5 Å². The van der Waals surface area contributed by atoms with Crippen LogP contribution in [0.1, 0.15) is 11.1 Å². The van der Waals surface area contributed by atoms with Gasteiger partial charge >= 0.3 is 0 Å². The molecule has 0 aliphatic carbocycles. The highest BCUT2D eigenvalue weighted by Gasteiger charge is 2.21. The summed E-state index contributed by atoms with van der Waals surface area (Å²) in [4.78, 5) is 2.25. The number of nitrogens with zero attached hydrogens (tertiary/aromatic N) is 2. The van der Waals surface area contributed by atoms with Gasteiger partial charge < -0.3 is 10.6 Å². The molecule has 0 amide bonds. The molecule has 4 nitrogen and oxygen atoms in total. The standard InChI is InChI=1S/C11H12N4/c12-11-3-1-2-8-6-15(7-10(8)11)9-4-13-14-5-9/h1-5H,6-7,12H2,(H,13,14). The van der Waals surface area contributed by atoms with Gasteiger partial charge in [0.05, 0.1) is 11.9 Å². The number of nitrogens with two attached hydrogens (primary N) is 1. The molecule has 1 aliphatic rings. The predicted molar refractivity (Wildman–Crippen MR) is 59.3 cm³/mol. The van der Waals surface area contributed by atoms with Gasteiger partial charge in [0.1, 0.15) is 0 Å². The number of H-pyrrole nitrogens is 1. The summed E-state index contributed by atoms with van der Waals surface area (Å²) < 4.78 is 0. The van der Waals surface area contributed by atoms with Gasteiger partial charge in [-0.3, -0.25) is 5.10 Å². The summed E-state index contributed by atoms with van der Waals surface area (Å²) in [6.45, 7) is 1.79. The number of fused-ring (bicyclic) bond motifs is 1. The summed E-state index contributed by atoms with van der Waals surface area (Å²) in [5, 5.41) is 6.78. The smallest absolute Gasteiger partial charge is 0.0755 e. The molecule has 0 fully saturated rings. The minimum Gasteiger partial charge on any atom is -0.398 e. The van der Waals surface area contributed by atoms with Crippen LogP contribution in [0.15, 0.2) is 30.6 Å². The number of hydrogen-bond donors (Lipinski definition) is 2. The molecular formula is C11H12N4. The van der Waals surface area contributed by atoms with Crippen molar-refractivity contribution < 1.29 is 0 Å². The minimum absolute atomic E-state index is 0.877. The van der Waals surface area contributed by atoms with E-state index in [1.54, 1.807) is 0 Å². The van der Waals surface area contributed by atoms with Crippen LogP contribution in [-0.4, -0.2) is 10.2 Å². The van der Waals surface area contributed by atoms with E-state index in [1.165, 1.54) is 11.1 Å². The quantitative estimate of drug-likeness (QED) is 0.686. The molecule has 0 atom stereocenters. The zero-order valence-corrected chi connectivity index (χ0v) is 8.27. The van der Waals surface area contributed by atoms with Crippen molar-refractivity contribution in [2.75, 3.05) is 10.6 Å².